The number of para-hydroxylation sites is 1. The molecule has 2 unspecified atom stereocenters. The maximum absolute atomic E-state index is 14.7. The van der Waals surface area contributed by atoms with Crippen molar-refractivity contribution in [1.82, 2.24) is 9.80 Å². The zero-order valence-electron chi connectivity index (χ0n) is 24.9. The van der Waals surface area contributed by atoms with E-state index in [2.05, 4.69) is 13.2 Å². The zero-order valence-corrected chi connectivity index (χ0v) is 25.6. The van der Waals surface area contributed by atoms with Gasteiger partial charge in [-0.1, -0.05) is 66.2 Å². The van der Waals surface area contributed by atoms with Gasteiger partial charge in [-0.05, 0) is 50.3 Å². The van der Waals surface area contributed by atoms with E-state index in [1.54, 1.807) is 28.0 Å². The summed E-state index contributed by atoms with van der Waals surface area (Å²) in [5.41, 5.74) is 0.209. The van der Waals surface area contributed by atoms with Gasteiger partial charge in [0.15, 0.2) is 0 Å². The molecular formula is C34H40ClN3O5. The third kappa shape index (κ3) is 5.19. The van der Waals surface area contributed by atoms with Crippen LogP contribution >= 0.6 is 11.6 Å². The summed E-state index contributed by atoms with van der Waals surface area (Å²) in [6.45, 7) is 12.4. The number of likely N-dealkylation sites (tertiary alicyclic amines) is 1. The van der Waals surface area contributed by atoms with Crippen LogP contribution in [0.4, 0.5) is 5.69 Å². The maximum Gasteiger partial charge on any atom is 0.253 e. The van der Waals surface area contributed by atoms with Gasteiger partial charge in [0.25, 0.3) is 5.91 Å². The lowest BCUT2D eigenvalue weighted by Gasteiger charge is -2.37. The number of rotatable bonds is 12. The fourth-order valence-electron chi connectivity index (χ4n) is 7.48. The van der Waals surface area contributed by atoms with Gasteiger partial charge in [-0.2, -0.15) is 0 Å². The average Bonchev–Trinajstić information content (AvgIpc) is 3.55. The molecule has 3 aliphatic heterocycles. The van der Waals surface area contributed by atoms with Crippen molar-refractivity contribution in [2.45, 2.75) is 56.9 Å². The van der Waals surface area contributed by atoms with Crippen molar-refractivity contribution >= 4 is 35.0 Å². The van der Waals surface area contributed by atoms with E-state index in [9.17, 15) is 19.5 Å². The molecule has 2 aromatic rings. The molecule has 0 radical (unpaired) electrons. The van der Waals surface area contributed by atoms with E-state index in [4.69, 9.17) is 16.3 Å². The van der Waals surface area contributed by atoms with Crippen molar-refractivity contribution in [3.8, 4) is 0 Å². The number of aryl methyl sites for hydroxylation is 1. The molecule has 228 valence electrons. The van der Waals surface area contributed by atoms with Crippen molar-refractivity contribution in [3.05, 3.63) is 90.0 Å². The zero-order chi connectivity index (χ0) is 30.9. The Hall–Kier alpha value is -3.46. The van der Waals surface area contributed by atoms with Gasteiger partial charge in [-0.3, -0.25) is 14.4 Å². The molecule has 0 saturated carbocycles. The molecule has 8 nitrogen and oxygen atoms in total. The Labute approximate surface area is 258 Å². The second kappa shape index (κ2) is 12.3. The number of benzene rings is 2. The van der Waals surface area contributed by atoms with E-state index in [0.29, 0.717) is 36.6 Å². The highest BCUT2D eigenvalue weighted by Gasteiger charge is 2.78. The number of fused-ring (bicyclic) bond motifs is 1. The molecule has 3 fully saturated rings. The van der Waals surface area contributed by atoms with Crippen LogP contribution in [0.5, 0.6) is 0 Å². The van der Waals surface area contributed by atoms with Gasteiger partial charge in [0, 0.05) is 32.8 Å². The minimum absolute atomic E-state index is 0.145. The molecule has 3 saturated heterocycles. The first-order valence-corrected chi connectivity index (χ1v) is 15.2. The Kier molecular flexibility index (Phi) is 8.84. The highest BCUT2D eigenvalue weighted by molar-refractivity contribution is 6.34. The SMILES string of the molecule is C=CCN(Cc1ccccc1)C(=O)[C@H]1[C@H]2C(=O)N(CCCO)C(C(=O)N(CC=C)c3c(C)cccc3Cl)C23CC[C@]1(C)O3. The third-order valence-corrected chi connectivity index (χ3v) is 9.55. The van der Waals surface area contributed by atoms with E-state index in [1.807, 2.05) is 56.3 Å². The quantitative estimate of drug-likeness (QED) is 0.359. The van der Waals surface area contributed by atoms with Crippen LogP contribution < -0.4 is 4.90 Å². The Morgan fingerprint density at radius 2 is 1.81 bits per heavy atom. The number of amides is 3. The monoisotopic (exact) mass is 605 g/mol. The van der Waals surface area contributed by atoms with Crippen LogP contribution in [0.15, 0.2) is 73.8 Å². The van der Waals surface area contributed by atoms with Crippen LogP contribution in [0.2, 0.25) is 5.02 Å². The highest BCUT2D eigenvalue weighted by atomic mass is 35.5. The molecule has 5 atom stereocenters. The van der Waals surface area contributed by atoms with Gasteiger partial charge in [-0.25, -0.2) is 0 Å². The Bertz CT molecular complexity index is 1400. The summed E-state index contributed by atoms with van der Waals surface area (Å²) in [6, 6.07) is 14.1. The third-order valence-electron chi connectivity index (χ3n) is 9.25. The van der Waals surface area contributed by atoms with Gasteiger partial charge in [-0.15, -0.1) is 13.2 Å². The van der Waals surface area contributed by atoms with Crippen molar-refractivity contribution in [2.24, 2.45) is 11.8 Å². The molecule has 2 aromatic carbocycles. The number of carbonyl (C=O) groups is 3. The minimum Gasteiger partial charge on any atom is -0.396 e. The number of hydrogen-bond acceptors (Lipinski definition) is 5. The fourth-order valence-corrected chi connectivity index (χ4v) is 7.81. The topological polar surface area (TPSA) is 90.4 Å². The van der Waals surface area contributed by atoms with E-state index >= 15 is 0 Å². The number of anilines is 1. The summed E-state index contributed by atoms with van der Waals surface area (Å²) in [5.74, 6) is -2.43. The number of carbonyl (C=O) groups excluding carboxylic acids is 3. The molecule has 2 bridgehead atoms. The summed E-state index contributed by atoms with van der Waals surface area (Å²) >= 11 is 6.63. The van der Waals surface area contributed by atoms with E-state index in [1.165, 1.54) is 4.90 Å². The molecule has 0 aliphatic carbocycles. The van der Waals surface area contributed by atoms with Crippen molar-refractivity contribution in [1.29, 1.82) is 0 Å². The molecule has 9 heteroatoms. The van der Waals surface area contributed by atoms with Gasteiger partial charge in [0.2, 0.25) is 11.8 Å². The lowest BCUT2D eigenvalue weighted by atomic mass is 9.66. The van der Waals surface area contributed by atoms with Crippen LogP contribution in [0, 0.1) is 18.8 Å². The first-order chi connectivity index (χ1) is 20.6. The molecule has 3 heterocycles. The van der Waals surface area contributed by atoms with Gasteiger partial charge in [0.05, 0.1) is 28.1 Å². The standard InChI is InChI=1S/C34H40ClN3O5/c1-5-18-36(22-24-13-8-7-9-14-24)30(40)26-27-31(41)38(20-11-21-39)29(34(27)17-16-33(26,4)43-34)32(42)37(19-6-2)28-23(3)12-10-15-25(28)35/h5-10,12-15,26-27,29,39H,1-2,11,16-22H2,3-4H3/t26-,27+,29?,33+,34?/m1/s1. The van der Waals surface area contributed by atoms with Crippen molar-refractivity contribution in [3.63, 3.8) is 0 Å². The number of ether oxygens (including phenoxy) is 1. The van der Waals surface area contributed by atoms with Crippen LogP contribution in [0.3, 0.4) is 0 Å². The molecule has 3 aliphatic rings. The predicted octanol–water partition coefficient (Wildman–Crippen LogP) is 4.53. The first-order valence-electron chi connectivity index (χ1n) is 14.9. The van der Waals surface area contributed by atoms with Gasteiger partial charge < -0.3 is 24.5 Å². The minimum atomic E-state index is -1.19. The average molecular weight is 606 g/mol. The molecule has 1 N–H and O–H groups in total. The lowest BCUT2D eigenvalue weighted by molar-refractivity contribution is -0.150. The Morgan fingerprint density at radius 3 is 2.47 bits per heavy atom. The molecule has 43 heavy (non-hydrogen) atoms. The first kappa shape index (κ1) is 31.0. The van der Waals surface area contributed by atoms with Crippen LogP contribution in [-0.4, -0.2) is 76.1 Å². The van der Waals surface area contributed by atoms with Crippen LogP contribution in [0.1, 0.15) is 37.3 Å². The summed E-state index contributed by atoms with van der Waals surface area (Å²) in [7, 11) is 0. The second-order valence-corrected chi connectivity index (χ2v) is 12.4. The number of nitrogens with zero attached hydrogens (tertiary/aromatic N) is 3. The molecule has 1 spiro atoms. The number of aliphatic hydroxyl groups is 1. The number of halogens is 1. The summed E-state index contributed by atoms with van der Waals surface area (Å²) < 4.78 is 6.82. The number of aliphatic hydroxyl groups excluding tert-OH is 1. The smallest absolute Gasteiger partial charge is 0.253 e. The van der Waals surface area contributed by atoms with Crippen LogP contribution in [0.25, 0.3) is 0 Å². The molecule has 5 rings (SSSR count). The van der Waals surface area contributed by atoms with E-state index in [-0.39, 0.29) is 43.8 Å². The largest absolute Gasteiger partial charge is 0.396 e. The summed E-state index contributed by atoms with van der Waals surface area (Å²) in [5, 5.41) is 10.1. The van der Waals surface area contributed by atoms with Crippen molar-refractivity contribution in [2.75, 3.05) is 31.1 Å². The van der Waals surface area contributed by atoms with Crippen LogP contribution in [-0.2, 0) is 25.7 Å². The summed E-state index contributed by atoms with van der Waals surface area (Å²) in [4.78, 5) is 48.4. The Balaban J connectivity index is 1.57. The Morgan fingerprint density at radius 1 is 1.09 bits per heavy atom. The number of hydrogen-bond donors (Lipinski definition) is 1. The predicted molar refractivity (Wildman–Crippen MR) is 166 cm³/mol. The molecule has 3 amide bonds. The normalized spacial score (nSPS) is 27.2. The van der Waals surface area contributed by atoms with Gasteiger partial charge >= 0.3 is 0 Å². The summed E-state index contributed by atoms with van der Waals surface area (Å²) in [6.07, 6.45) is 4.59. The fraction of sp³-hybridized carbons (Fsp3) is 0.441. The maximum atomic E-state index is 14.7. The van der Waals surface area contributed by atoms with E-state index < -0.39 is 29.1 Å². The van der Waals surface area contributed by atoms with E-state index in [0.717, 1.165) is 11.1 Å². The lowest BCUT2D eigenvalue weighted by Crippen LogP contribution is -2.57. The molecular weight excluding hydrogens is 566 g/mol. The molecule has 0 aromatic heterocycles. The van der Waals surface area contributed by atoms with Gasteiger partial charge in [0.1, 0.15) is 11.6 Å². The highest BCUT2D eigenvalue weighted by Crippen LogP contribution is 2.63. The van der Waals surface area contributed by atoms with Crippen molar-refractivity contribution < 1.29 is 24.2 Å². The second-order valence-electron chi connectivity index (χ2n) is 12.0.